The molecule has 2 heterocycles. The second-order valence-electron chi connectivity index (χ2n) is 7.10. The van der Waals surface area contributed by atoms with E-state index in [2.05, 4.69) is 27.1 Å². The van der Waals surface area contributed by atoms with Crippen molar-refractivity contribution in [2.45, 2.75) is 38.3 Å². The molecule has 0 bridgehead atoms. The van der Waals surface area contributed by atoms with Crippen molar-refractivity contribution < 1.29 is 32.2 Å². The molecule has 0 radical (unpaired) electrons. The highest BCUT2D eigenvalue weighted by Gasteiger charge is 2.30. The lowest BCUT2D eigenvalue weighted by molar-refractivity contribution is -0.137. The zero-order valence-electron chi connectivity index (χ0n) is 19.3. The number of hydrogen-bond donors (Lipinski definition) is 1. The molecule has 0 saturated carbocycles. The quantitative estimate of drug-likeness (QED) is 0.211. The Morgan fingerprint density at radius 1 is 1.31 bits per heavy atom. The van der Waals surface area contributed by atoms with Gasteiger partial charge in [-0.1, -0.05) is 35.2 Å². The molecule has 0 aliphatic carbocycles. The first-order valence-electron chi connectivity index (χ1n) is 10.5. The topological polar surface area (TPSA) is 108 Å². The van der Waals surface area contributed by atoms with Crippen LogP contribution in [0.25, 0.3) is 0 Å². The molecule has 1 amide bonds. The summed E-state index contributed by atoms with van der Waals surface area (Å²) in [5.41, 5.74) is -0.364. The van der Waals surface area contributed by atoms with E-state index in [0.717, 1.165) is 35.2 Å². The number of amides is 1. The van der Waals surface area contributed by atoms with Gasteiger partial charge in [-0.3, -0.25) is 9.36 Å². The summed E-state index contributed by atoms with van der Waals surface area (Å²) in [6.07, 6.45) is -2.89. The van der Waals surface area contributed by atoms with Crippen LogP contribution < -0.4 is 10.1 Å². The Bertz CT molecular complexity index is 1240. The maximum atomic E-state index is 12.9. The summed E-state index contributed by atoms with van der Waals surface area (Å²) in [5, 5.41) is 11.4. The molecule has 0 saturated heterocycles. The van der Waals surface area contributed by atoms with Gasteiger partial charge < -0.3 is 14.8 Å². The number of rotatable bonds is 11. The van der Waals surface area contributed by atoms with Crippen LogP contribution in [0.5, 0.6) is 5.75 Å². The van der Waals surface area contributed by atoms with Crippen LogP contribution in [0.3, 0.4) is 0 Å². The number of ether oxygens (including phenoxy) is 2. The first-order valence-corrected chi connectivity index (χ1v) is 12.3. The second-order valence-corrected chi connectivity index (χ2v) is 9.04. The molecule has 192 valence electrons. The lowest BCUT2D eigenvalue weighted by atomic mass is 10.2. The fraction of sp³-hybridized carbons (Fsp3) is 0.318. The number of thiazole rings is 1. The van der Waals surface area contributed by atoms with E-state index < -0.39 is 17.7 Å². The van der Waals surface area contributed by atoms with E-state index in [9.17, 15) is 22.8 Å². The average molecular weight is 542 g/mol. The number of carbonyl (C=O) groups excluding carboxylic acids is 2. The van der Waals surface area contributed by atoms with E-state index in [0.29, 0.717) is 28.1 Å². The van der Waals surface area contributed by atoms with Crippen LogP contribution >= 0.6 is 23.1 Å². The number of halogens is 3. The summed E-state index contributed by atoms with van der Waals surface area (Å²) in [6.45, 7) is 7.42. The predicted molar refractivity (Wildman–Crippen MR) is 128 cm³/mol. The van der Waals surface area contributed by atoms with Gasteiger partial charge >= 0.3 is 12.1 Å². The average Bonchev–Trinajstić information content (AvgIpc) is 3.39. The van der Waals surface area contributed by atoms with Gasteiger partial charge in [0.1, 0.15) is 17.2 Å². The Morgan fingerprint density at radius 2 is 2.08 bits per heavy atom. The number of hydrogen-bond acceptors (Lipinski definition) is 9. The van der Waals surface area contributed by atoms with Gasteiger partial charge in [-0.15, -0.1) is 16.8 Å². The van der Waals surface area contributed by atoms with Crippen molar-refractivity contribution in [3.8, 4) is 5.75 Å². The normalized spacial score (nSPS) is 11.2. The third-order valence-corrected chi connectivity index (χ3v) is 6.49. The van der Waals surface area contributed by atoms with Gasteiger partial charge in [-0.25, -0.2) is 9.78 Å². The number of carbonyl (C=O) groups is 2. The third-order valence-electron chi connectivity index (χ3n) is 4.47. The molecule has 2 aromatic heterocycles. The molecular weight excluding hydrogens is 519 g/mol. The molecular formula is C22H22F3N5O4S2. The van der Waals surface area contributed by atoms with E-state index in [-0.39, 0.29) is 35.8 Å². The van der Waals surface area contributed by atoms with Crippen LogP contribution in [0.4, 0.5) is 18.3 Å². The highest BCUT2D eigenvalue weighted by Crippen LogP contribution is 2.31. The number of aromatic nitrogens is 4. The summed E-state index contributed by atoms with van der Waals surface area (Å²) in [4.78, 5) is 28.8. The molecule has 0 aliphatic heterocycles. The summed E-state index contributed by atoms with van der Waals surface area (Å²) >= 11 is 2.12. The van der Waals surface area contributed by atoms with Gasteiger partial charge in [-0.2, -0.15) is 13.2 Å². The van der Waals surface area contributed by atoms with E-state index in [4.69, 9.17) is 9.47 Å². The van der Waals surface area contributed by atoms with Crippen LogP contribution in [-0.2, 0) is 28.9 Å². The van der Waals surface area contributed by atoms with Gasteiger partial charge in [0.25, 0.3) is 0 Å². The first-order chi connectivity index (χ1) is 17.1. The van der Waals surface area contributed by atoms with E-state index >= 15 is 0 Å². The SMILES string of the molecule is C=CCn1c(COc2cccc(C(F)(F)F)c2)nnc1SCC(=O)Nc1nc(C)c(C(=O)OCC)s1. The number of nitrogens with zero attached hydrogens (tertiary/aromatic N) is 4. The van der Waals surface area contributed by atoms with Crippen molar-refractivity contribution in [1.82, 2.24) is 19.7 Å². The Balaban J connectivity index is 1.62. The van der Waals surface area contributed by atoms with Crippen LogP contribution in [0, 0.1) is 6.92 Å². The zero-order valence-corrected chi connectivity index (χ0v) is 20.9. The lowest BCUT2D eigenvalue weighted by Crippen LogP contribution is -2.15. The minimum absolute atomic E-state index is 0.0306. The maximum Gasteiger partial charge on any atom is 0.416 e. The number of nitrogens with one attached hydrogen (secondary N) is 1. The molecule has 3 aromatic rings. The minimum atomic E-state index is -4.48. The molecule has 14 heteroatoms. The summed E-state index contributed by atoms with van der Waals surface area (Å²) < 4.78 is 50.9. The van der Waals surface area contributed by atoms with Gasteiger partial charge in [0.15, 0.2) is 16.1 Å². The van der Waals surface area contributed by atoms with Crippen molar-refractivity contribution in [2.75, 3.05) is 17.7 Å². The fourth-order valence-electron chi connectivity index (χ4n) is 2.88. The molecule has 3 rings (SSSR count). The lowest BCUT2D eigenvalue weighted by Gasteiger charge is -2.11. The zero-order chi connectivity index (χ0) is 26.3. The Morgan fingerprint density at radius 3 is 2.78 bits per heavy atom. The standard InChI is InChI=1S/C22H22F3N5O4S2/c1-4-9-30-16(11-34-15-8-6-7-14(10-15)22(23,24)25)28-29-21(30)35-12-17(31)27-20-26-13(3)18(36-20)19(32)33-5-2/h4,6-8,10H,1,5,9,11-12H2,2-3H3,(H,26,27,31). The third kappa shape index (κ3) is 7.07. The number of allylic oxidation sites excluding steroid dienone is 1. The molecule has 0 atom stereocenters. The number of aryl methyl sites for hydroxylation is 1. The molecule has 0 aliphatic rings. The number of thioether (sulfide) groups is 1. The van der Waals surface area contributed by atoms with Gasteiger partial charge in [0, 0.05) is 6.54 Å². The smallest absolute Gasteiger partial charge is 0.416 e. The monoisotopic (exact) mass is 541 g/mol. The molecule has 9 nitrogen and oxygen atoms in total. The Kier molecular flexibility index (Phi) is 9.09. The van der Waals surface area contributed by atoms with Crippen molar-refractivity contribution in [3.05, 3.63) is 58.9 Å². The molecule has 1 aromatic carbocycles. The Labute approximate surface area is 212 Å². The summed E-state index contributed by atoms with van der Waals surface area (Å²) in [6, 6.07) is 4.53. The summed E-state index contributed by atoms with van der Waals surface area (Å²) in [7, 11) is 0. The highest BCUT2D eigenvalue weighted by molar-refractivity contribution is 7.99. The fourth-order valence-corrected chi connectivity index (χ4v) is 4.52. The van der Waals surface area contributed by atoms with Crippen molar-refractivity contribution in [3.63, 3.8) is 0 Å². The van der Waals surface area contributed by atoms with Crippen LogP contribution in [0.1, 0.15) is 33.7 Å². The van der Waals surface area contributed by atoms with Crippen LogP contribution in [0.2, 0.25) is 0 Å². The summed E-state index contributed by atoms with van der Waals surface area (Å²) in [5.74, 6) is -0.520. The number of benzene rings is 1. The molecule has 36 heavy (non-hydrogen) atoms. The number of esters is 1. The molecule has 1 N–H and O–H groups in total. The minimum Gasteiger partial charge on any atom is -0.486 e. The van der Waals surface area contributed by atoms with Crippen molar-refractivity contribution in [1.29, 1.82) is 0 Å². The maximum absolute atomic E-state index is 12.9. The van der Waals surface area contributed by atoms with Gasteiger partial charge in [0.2, 0.25) is 5.91 Å². The van der Waals surface area contributed by atoms with Crippen molar-refractivity contribution in [2.24, 2.45) is 0 Å². The molecule has 0 spiro atoms. The highest BCUT2D eigenvalue weighted by atomic mass is 32.2. The number of alkyl halides is 3. The van der Waals surface area contributed by atoms with E-state index in [1.54, 1.807) is 24.5 Å². The van der Waals surface area contributed by atoms with Crippen molar-refractivity contribution >= 4 is 40.1 Å². The van der Waals surface area contributed by atoms with Gasteiger partial charge in [0.05, 0.1) is 23.6 Å². The van der Waals surface area contributed by atoms with Crippen LogP contribution in [-0.4, -0.2) is 44.0 Å². The second kappa shape index (κ2) is 12.0. The molecule has 0 fully saturated rings. The largest absolute Gasteiger partial charge is 0.486 e. The van der Waals surface area contributed by atoms with Crippen LogP contribution in [0.15, 0.2) is 42.1 Å². The predicted octanol–water partition coefficient (Wildman–Crippen LogP) is 4.73. The van der Waals surface area contributed by atoms with E-state index in [1.807, 2.05) is 0 Å². The first kappa shape index (κ1) is 27.2. The van der Waals surface area contributed by atoms with E-state index in [1.165, 1.54) is 12.1 Å². The van der Waals surface area contributed by atoms with Gasteiger partial charge in [-0.05, 0) is 32.0 Å². The Hall–Kier alpha value is -3.39. The molecule has 0 unspecified atom stereocenters. The number of anilines is 1.